The molecular weight excluding hydrogens is 414 g/mol. The van der Waals surface area contributed by atoms with Gasteiger partial charge in [0.1, 0.15) is 5.75 Å². The molecule has 0 radical (unpaired) electrons. The van der Waals surface area contributed by atoms with Gasteiger partial charge in [0.2, 0.25) is 0 Å². The number of methoxy groups -OCH3 is 1. The van der Waals surface area contributed by atoms with Crippen molar-refractivity contribution in [3.8, 4) is 22.8 Å². The Hall–Kier alpha value is -3.57. The van der Waals surface area contributed by atoms with E-state index in [0.717, 1.165) is 33.7 Å². The number of rotatable bonds is 6. The first-order valence-electron chi connectivity index (χ1n) is 10.5. The molecule has 1 heterocycles. The molecule has 4 aromatic carbocycles. The van der Waals surface area contributed by atoms with Crippen LogP contribution in [0.2, 0.25) is 0 Å². The molecule has 0 atom stereocenters. The summed E-state index contributed by atoms with van der Waals surface area (Å²) < 4.78 is 7.56. The van der Waals surface area contributed by atoms with Crippen LogP contribution in [0.4, 0.5) is 0 Å². The zero-order chi connectivity index (χ0) is 21.9. The van der Waals surface area contributed by atoms with Gasteiger partial charge in [0.25, 0.3) is 0 Å². The SMILES string of the molecule is COc1cccc(-c2nnc(SCc3cccc4ccccc34)n2-c2ccc(C)cc2)c1. The van der Waals surface area contributed by atoms with Crippen molar-refractivity contribution < 1.29 is 4.74 Å². The highest BCUT2D eigenvalue weighted by molar-refractivity contribution is 7.98. The molecule has 0 bridgehead atoms. The fourth-order valence-electron chi connectivity index (χ4n) is 3.80. The first kappa shape index (κ1) is 20.3. The third-order valence-corrected chi connectivity index (χ3v) is 6.47. The third kappa shape index (κ3) is 3.99. The Balaban J connectivity index is 1.56. The van der Waals surface area contributed by atoms with Crippen molar-refractivity contribution in [1.82, 2.24) is 14.8 Å². The zero-order valence-corrected chi connectivity index (χ0v) is 18.8. The summed E-state index contributed by atoms with van der Waals surface area (Å²) in [6, 6.07) is 31.4. The third-order valence-electron chi connectivity index (χ3n) is 5.49. The monoisotopic (exact) mass is 437 g/mol. The minimum Gasteiger partial charge on any atom is -0.497 e. The van der Waals surface area contributed by atoms with E-state index < -0.39 is 0 Å². The standard InChI is InChI=1S/C27H23N3OS/c1-19-13-15-23(16-14-19)30-26(21-9-6-11-24(17-21)31-2)28-29-27(30)32-18-22-10-5-8-20-7-3-4-12-25(20)22/h3-17H,18H2,1-2H3. The second kappa shape index (κ2) is 8.89. The quantitative estimate of drug-likeness (QED) is 0.277. The highest BCUT2D eigenvalue weighted by atomic mass is 32.2. The van der Waals surface area contributed by atoms with E-state index >= 15 is 0 Å². The van der Waals surface area contributed by atoms with E-state index in [1.165, 1.54) is 21.9 Å². The summed E-state index contributed by atoms with van der Waals surface area (Å²) in [5.41, 5.74) is 4.51. The second-order valence-corrected chi connectivity index (χ2v) is 8.58. The minimum atomic E-state index is 0.797. The van der Waals surface area contributed by atoms with Crippen LogP contribution < -0.4 is 4.74 Å². The molecule has 5 heteroatoms. The van der Waals surface area contributed by atoms with Gasteiger partial charge in [-0.25, -0.2) is 0 Å². The van der Waals surface area contributed by atoms with Gasteiger partial charge in [0.15, 0.2) is 11.0 Å². The van der Waals surface area contributed by atoms with Crippen molar-refractivity contribution in [2.75, 3.05) is 7.11 Å². The molecule has 0 saturated carbocycles. The number of hydrogen-bond donors (Lipinski definition) is 0. The van der Waals surface area contributed by atoms with Crippen LogP contribution in [0.15, 0.2) is 96.2 Å². The Labute approximate surface area is 191 Å². The molecular formula is C27H23N3OS. The first-order valence-corrected chi connectivity index (χ1v) is 11.5. The van der Waals surface area contributed by atoms with Crippen LogP contribution in [0, 0.1) is 6.92 Å². The van der Waals surface area contributed by atoms with Crippen molar-refractivity contribution in [2.45, 2.75) is 17.8 Å². The van der Waals surface area contributed by atoms with Crippen LogP contribution in [0.1, 0.15) is 11.1 Å². The van der Waals surface area contributed by atoms with Gasteiger partial charge in [0.05, 0.1) is 7.11 Å². The molecule has 0 unspecified atom stereocenters. The summed E-state index contributed by atoms with van der Waals surface area (Å²) in [7, 11) is 1.68. The van der Waals surface area contributed by atoms with Gasteiger partial charge in [-0.05, 0) is 47.5 Å². The molecule has 0 spiro atoms. The summed E-state index contributed by atoms with van der Waals surface area (Å²) >= 11 is 1.70. The predicted octanol–water partition coefficient (Wildman–Crippen LogP) is 6.70. The van der Waals surface area contributed by atoms with Gasteiger partial charge in [0, 0.05) is 17.0 Å². The molecule has 4 nitrogen and oxygen atoms in total. The molecule has 32 heavy (non-hydrogen) atoms. The van der Waals surface area contributed by atoms with Gasteiger partial charge >= 0.3 is 0 Å². The lowest BCUT2D eigenvalue weighted by Gasteiger charge is -2.12. The number of benzene rings is 4. The van der Waals surface area contributed by atoms with Gasteiger partial charge in [-0.15, -0.1) is 10.2 Å². The number of hydrogen-bond acceptors (Lipinski definition) is 4. The number of aromatic nitrogens is 3. The molecule has 0 amide bonds. The summed E-state index contributed by atoms with van der Waals surface area (Å²) in [4.78, 5) is 0. The normalized spacial score (nSPS) is 11.1. The summed E-state index contributed by atoms with van der Waals surface area (Å²) in [6.45, 7) is 2.09. The smallest absolute Gasteiger partial charge is 0.196 e. The fourth-order valence-corrected chi connectivity index (χ4v) is 4.76. The Morgan fingerprint density at radius 3 is 2.47 bits per heavy atom. The maximum Gasteiger partial charge on any atom is 0.196 e. The van der Waals surface area contributed by atoms with Gasteiger partial charge < -0.3 is 4.74 Å². The van der Waals surface area contributed by atoms with Crippen molar-refractivity contribution >= 4 is 22.5 Å². The molecule has 5 rings (SSSR count). The van der Waals surface area contributed by atoms with Crippen LogP contribution in [-0.2, 0) is 5.75 Å². The molecule has 0 aliphatic carbocycles. The highest BCUT2D eigenvalue weighted by Crippen LogP contribution is 2.32. The largest absolute Gasteiger partial charge is 0.497 e. The highest BCUT2D eigenvalue weighted by Gasteiger charge is 2.17. The number of thioether (sulfide) groups is 1. The molecule has 0 N–H and O–H groups in total. The molecule has 5 aromatic rings. The molecule has 0 aliphatic heterocycles. The lowest BCUT2D eigenvalue weighted by atomic mass is 10.1. The maximum atomic E-state index is 5.43. The Bertz CT molecular complexity index is 1370. The summed E-state index contributed by atoms with van der Waals surface area (Å²) in [5, 5.41) is 12.5. The Morgan fingerprint density at radius 1 is 0.844 bits per heavy atom. The van der Waals surface area contributed by atoms with Gasteiger partial charge in [-0.1, -0.05) is 84.1 Å². The molecule has 1 aromatic heterocycles. The topological polar surface area (TPSA) is 39.9 Å². The van der Waals surface area contributed by atoms with Crippen LogP contribution in [0.25, 0.3) is 27.8 Å². The zero-order valence-electron chi connectivity index (χ0n) is 18.0. The molecule has 0 aliphatic rings. The van der Waals surface area contributed by atoms with Crippen molar-refractivity contribution in [2.24, 2.45) is 0 Å². The lowest BCUT2D eigenvalue weighted by molar-refractivity contribution is 0.415. The fraction of sp³-hybridized carbons (Fsp3) is 0.111. The maximum absolute atomic E-state index is 5.43. The Morgan fingerprint density at radius 2 is 1.62 bits per heavy atom. The van der Waals surface area contributed by atoms with Crippen LogP contribution in [0.3, 0.4) is 0 Å². The van der Waals surface area contributed by atoms with E-state index in [9.17, 15) is 0 Å². The average molecular weight is 438 g/mol. The summed E-state index contributed by atoms with van der Waals surface area (Å²) in [6.07, 6.45) is 0. The Kier molecular flexibility index (Phi) is 5.65. The van der Waals surface area contributed by atoms with Gasteiger partial charge in [-0.2, -0.15) is 0 Å². The molecule has 0 saturated heterocycles. The number of aryl methyl sites for hydroxylation is 1. The predicted molar refractivity (Wildman–Crippen MR) is 132 cm³/mol. The first-order chi connectivity index (χ1) is 15.7. The lowest BCUT2D eigenvalue weighted by Crippen LogP contribution is -2.00. The van der Waals surface area contributed by atoms with E-state index in [2.05, 4.69) is 88.4 Å². The van der Waals surface area contributed by atoms with E-state index in [-0.39, 0.29) is 0 Å². The molecule has 158 valence electrons. The van der Waals surface area contributed by atoms with Crippen molar-refractivity contribution in [3.63, 3.8) is 0 Å². The van der Waals surface area contributed by atoms with Crippen molar-refractivity contribution in [3.05, 3.63) is 102 Å². The van der Waals surface area contributed by atoms with Crippen molar-refractivity contribution in [1.29, 1.82) is 0 Å². The number of nitrogens with zero attached hydrogens (tertiary/aromatic N) is 3. The number of ether oxygens (including phenoxy) is 1. The second-order valence-electron chi connectivity index (χ2n) is 7.64. The van der Waals surface area contributed by atoms with Crippen LogP contribution in [0.5, 0.6) is 5.75 Å². The van der Waals surface area contributed by atoms with E-state index in [4.69, 9.17) is 4.74 Å². The van der Waals surface area contributed by atoms with Gasteiger partial charge in [-0.3, -0.25) is 4.57 Å². The van der Waals surface area contributed by atoms with E-state index in [1.807, 2.05) is 24.3 Å². The molecule has 0 fully saturated rings. The van der Waals surface area contributed by atoms with Crippen LogP contribution >= 0.6 is 11.8 Å². The van der Waals surface area contributed by atoms with E-state index in [1.54, 1.807) is 18.9 Å². The van der Waals surface area contributed by atoms with E-state index in [0.29, 0.717) is 0 Å². The minimum absolute atomic E-state index is 0.797. The number of fused-ring (bicyclic) bond motifs is 1. The summed E-state index contributed by atoms with van der Waals surface area (Å²) in [5.74, 6) is 2.41. The average Bonchev–Trinajstić information content (AvgIpc) is 3.27. The van der Waals surface area contributed by atoms with Crippen LogP contribution in [-0.4, -0.2) is 21.9 Å².